The lowest BCUT2D eigenvalue weighted by Crippen LogP contribution is -2.21. The first-order chi connectivity index (χ1) is 14.3. The van der Waals surface area contributed by atoms with Gasteiger partial charge in [0.05, 0.1) is 16.6 Å². The van der Waals surface area contributed by atoms with Gasteiger partial charge in [0.1, 0.15) is 0 Å². The Bertz CT molecular complexity index is 1050. The highest BCUT2D eigenvalue weighted by atomic mass is 19.4. The van der Waals surface area contributed by atoms with Crippen LogP contribution in [0, 0.1) is 0 Å². The van der Waals surface area contributed by atoms with Crippen LogP contribution < -0.4 is 10.2 Å². The van der Waals surface area contributed by atoms with Crippen LogP contribution in [0.15, 0.2) is 42.5 Å². The first-order valence-corrected chi connectivity index (χ1v) is 9.99. The molecule has 30 heavy (non-hydrogen) atoms. The number of fused-ring (bicyclic) bond motifs is 1. The molecule has 0 radical (unpaired) electrons. The molecule has 0 bridgehead atoms. The van der Waals surface area contributed by atoms with Crippen LogP contribution in [0.25, 0.3) is 11.0 Å². The van der Waals surface area contributed by atoms with Crippen LogP contribution >= 0.6 is 0 Å². The molecule has 2 aromatic carbocycles. The zero-order valence-electron chi connectivity index (χ0n) is 16.7. The maximum absolute atomic E-state index is 12.6. The highest BCUT2D eigenvalue weighted by molar-refractivity contribution is 5.93. The minimum absolute atomic E-state index is 0.184. The zero-order chi connectivity index (χ0) is 21.3. The summed E-state index contributed by atoms with van der Waals surface area (Å²) in [6.07, 6.45) is -1.45. The van der Waals surface area contributed by atoms with Gasteiger partial charge >= 0.3 is 6.18 Å². The summed E-state index contributed by atoms with van der Waals surface area (Å²) in [7, 11) is 1.97. The Kier molecular flexibility index (Phi) is 5.40. The molecule has 1 aliphatic heterocycles. The molecule has 0 atom stereocenters. The third-order valence-corrected chi connectivity index (χ3v) is 5.45. The largest absolute Gasteiger partial charge is 0.416 e. The van der Waals surface area contributed by atoms with Crippen molar-refractivity contribution in [2.75, 3.05) is 23.3 Å². The number of amides is 1. The van der Waals surface area contributed by atoms with Gasteiger partial charge in [0.25, 0.3) is 0 Å². The number of nitrogens with zero attached hydrogens (tertiary/aromatic N) is 3. The number of carbonyl (C=O) groups is 1. The first-order valence-electron chi connectivity index (χ1n) is 9.99. The Hall–Kier alpha value is -3.03. The number of imidazole rings is 1. The Balaban J connectivity index is 1.40. The second kappa shape index (κ2) is 8.01. The van der Waals surface area contributed by atoms with E-state index in [2.05, 4.69) is 10.2 Å². The third-order valence-electron chi connectivity index (χ3n) is 5.45. The maximum Gasteiger partial charge on any atom is 0.416 e. The van der Waals surface area contributed by atoms with Gasteiger partial charge in [-0.1, -0.05) is 12.1 Å². The van der Waals surface area contributed by atoms with E-state index >= 15 is 0 Å². The molecule has 0 unspecified atom stereocenters. The summed E-state index contributed by atoms with van der Waals surface area (Å²) in [6.45, 7) is 2.01. The fourth-order valence-corrected chi connectivity index (χ4v) is 3.80. The fourth-order valence-electron chi connectivity index (χ4n) is 3.80. The van der Waals surface area contributed by atoms with E-state index in [1.54, 1.807) is 0 Å². The average molecular weight is 416 g/mol. The van der Waals surface area contributed by atoms with E-state index in [0.29, 0.717) is 17.7 Å². The van der Waals surface area contributed by atoms with Gasteiger partial charge in [-0.25, -0.2) is 4.98 Å². The van der Waals surface area contributed by atoms with Crippen LogP contribution in [0.4, 0.5) is 24.8 Å². The maximum atomic E-state index is 12.6. The summed E-state index contributed by atoms with van der Waals surface area (Å²) in [6, 6.07) is 10.5. The van der Waals surface area contributed by atoms with E-state index in [1.807, 2.05) is 29.8 Å². The van der Waals surface area contributed by atoms with E-state index in [1.165, 1.54) is 25.0 Å². The van der Waals surface area contributed by atoms with Crippen molar-refractivity contribution in [3.05, 3.63) is 53.6 Å². The minimum Gasteiger partial charge on any atom is -0.342 e. The van der Waals surface area contributed by atoms with E-state index in [-0.39, 0.29) is 12.3 Å². The van der Waals surface area contributed by atoms with Gasteiger partial charge < -0.3 is 14.8 Å². The lowest BCUT2D eigenvalue weighted by Gasteiger charge is -2.16. The predicted octanol–water partition coefficient (Wildman–Crippen LogP) is 4.76. The van der Waals surface area contributed by atoms with Crippen LogP contribution in [-0.2, 0) is 24.4 Å². The summed E-state index contributed by atoms with van der Waals surface area (Å²) in [5.74, 6) is 0.754. The van der Waals surface area contributed by atoms with Gasteiger partial charge in [0.15, 0.2) is 0 Å². The zero-order valence-corrected chi connectivity index (χ0v) is 16.7. The lowest BCUT2D eigenvalue weighted by atomic mass is 10.1. The van der Waals surface area contributed by atoms with Gasteiger partial charge in [-0.05, 0) is 55.2 Å². The monoisotopic (exact) mass is 416 g/mol. The highest BCUT2D eigenvalue weighted by Crippen LogP contribution is 2.29. The van der Waals surface area contributed by atoms with Crippen LogP contribution in [0.2, 0.25) is 0 Å². The van der Waals surface area contributed by atoms with Crippen molar-refractivity contribution in [2.24, 2.45) is 7.05 Å². The SMILES string of the molecule is Cn1c(N2CCCC2)nc2ccc(NC(=O)CCc3ccc(C(F)(F)F)cc3)cc21. The molecular formula is C22H23F3N4O. The summed E-state index contributed by atoms with van der Waals surface area (Å²) in [5.41, 5.74) is 2.50. The summed E-state index contributed by atoms with van der Waals surface area (Å²) < 4.78 is 39.9. The lowest BCUT2D eigenvalue weighted by molar-refractivity contribution is -0.137. The smallest absolute Gasteiger partial charge is 0.342 e. The molecule has 5 nitrogen and oxygen atoms in total. The number of rotatable bonds is 5. The number of hydrogen-bond donors (Lipinski definition) is 1. The van der Waals surface area contributed by atoms with Crippen molar-refractivity contribution >= 4 is 28.6 Å². The molecule has 8 heteroatoms. The molecule has 1 fully saturated rings. The van der Waals surface area contributed by atoms with Crippen molar-refractivity contribution in [3.63, 3.8) is 0 Å². The molecule has 3 aromatic rings. The van der Waals surface area contributed by atoms with E-state index in [4.69, 9.17) is 4.98 Å². The highest BCUT2D eigenvalue weighted by Gasteiger charge is 2.29. The quantitative estimate of drug-likeness (QED) is 0.652. The average Bonchev–Trinajstić information content (AvgIpc) is 3.34. The summed E-state index contributed by atoms with van der Waals surface area (Å²) in [5, 5.41) is 2.87. The van der Waals surface area contributed by atoms with Crippen LogP contribution in [0.5, 0.6) is 0 Å². The molecule has 1 aromatic heterocycles. The van der Waals surface area contributed by atoms with Crippen molar-refractivity contribution in [1.82, 2.24) is 9.55 Å². The van der Waals surface area contributed by atoms with Gasteiger partial charge in [0, 0.05) is 32.2 Å². The Morgan fingerprint density at radius 3 is 2.47 bits per heavy atom. The van der Waals surface area contributed by atoms with Crippen molar-refractivity contribution in [3.8, 4) is 0 Å². The molecule has 0 aliphatic carbocycles. The van der Waals surface area contributed by atoms with Crippen LogP contribution in [0.3, 0.4) is 0 Å². The minimum atomic E-state index is -4.35. The number of aryl methyl sites for hydroxylation is 2. The van der Waals surface area contributed by atoms with Crippen molar-refractivity contribution < 1.29 is 18.0 Å². The molecule has 1 amide bonds. The van der Waals surface area contributed by atoms with E-state index in [9.17, 15) is 18.0 Å². The van der Waals surface area contributed by atoms with E-state index in [0.717, 1.165) is 42.2 Å². The molecular weight excluding hydrogens is 393 g/mol. The van der Waals surface area contributed by atoms with Gasteiger partial charge in [-0.15, -0.1) is 0 Å². The number of benzene rings is 2. The first kappa shape index (κ1) is 20.3. The number of alkyl halides is 3. The Labute approximate surface area is 172 Å². The number of halogens is 3. The molecule has 158 valence electrons. The number of nitrogens with one attached hydrogen (secondary N) is 1. The summed E-state index contributed by atoms with van der Waals surface area (Å²) >= 11 is 0. The van der Waals surface area contributed by atoms with Crippen LogP contribution in [0.1, 0.15) is 30.4 Å². The van der Waals surface area contributed by atoms with Gasteiger partial charge in [-0.3, -0.25) is 4.79 Å². The number of anilines is 2. The molecule has 1 aliphatic rings. The summed E-state index contributed by atoms with van der Waals surface area (Å²) in [4.78, 5) is 19.3. The fraction of sp³-hybridized carbons (Fsp3) is 0.364. The van der Waals surface area contributed by atoms with Gasteiger partial charge in [-0.2, -0.15) is 13.2 Å². The van der Waals surface area contributed by atoms with Crippen molar-refractivity contribution in [2.45, 2.75) is 31.9 Å². The third kappa shape index (κ3) is 4.27. The second-order valence-corrected chi connectivity index (χ2v) is 7.61. The Morgan fingerprint density at radius 1 is 1.10 bits per heavy atom. The second-order valence-electron chi connectivity index (χ2n) is 7.61. The van der Waals surface area contributed by atoms with Gasteiger partial charge in [0.2, 0.25) is 11.9 Å². The normalized spacial score (nSPS) is 14.5. The molecule has 0 saturated carbocycles. The topological polar surface area (TPSA) is 50.2 Å². The number of carbonyl (C=O) groups excluding carboxylic acids is 1. The molecule has 0 spiro atoms. The molecule has 1 saturated heterocycles. The standard InChI is InChI=1S/C22H23F3N4O/c1-28-19-14-17(9-10-18(19)27-21(28)29-12-2-3-13-29)26-20(30)11-6-15-4-7-16(8-5-15)22(23,24)25/h4-5,7-10,14H,2-3,6,11-13H2,1H3,(H,26,30). The van der Waals surface area contributed by atoms with Crippen LogP contribution in [-0.4, -0.2) is 28.5 Å². The Morgan fingerprint density at radius 2 is 1.80 bits per heavy atom. The number of hydrogen-bond acceptors (Lipinski definition) is 3. The predicted molar refractivity (Wildman–Crippen MR) is 111 cm³/mol. The number of aromatic nitrogens is 2. The molecule has 2 heterocycles. The molecule has 4 rings (SSSR count). The molecule has 1 N–H and O–H groups in total. The van der Waals surface area contributed by atoms with E-state index < -0.39 is 11.7 Å². The van der Waals surface area contributed by atoms with Crippen molar-refractivity contribution in [1.29, 1.82) is 0 Å².